The van der Waals surface area contributed by atoms with Gasteiger partial charge in [-0.3, -0.25) is 0 Å². The van der Waals surface area contributed by atoms with Crippen molar-refractivity contribution in [2.75, 3.05) is 33.2 Å². The van der Waals surface area contributed by atoms with Crippen molar-refractivity contribution < 1.29 is 17.2 Å². The van der Waals surface area contributed by atoms with E-state index in [2.05, 4.69) is 0 Å². The minimum absolute atomic E-state index is 0.329. The van der Waals surface area contributed by atoms with Gasteiger partial charge in [0.25, 0.3) is 0 Å². The fraction of sp³-hybridized carbons (Fsp3) is 0.455. The third kappa shape index (κ3) is 2.68. The van der Waals surface area contributed by atoms with Crippen LogP contribution in [0.3, 0.4) is 0 Å². The van der Waals surface area contributed by atoms with E-state index in [1.165, 1.54) is 4.31 Å². The molecular formula is C11H14F2N2O2S. The number of benzene rings is 1. The van der Waals surface area contributed by atoms with Gasteiger partial charge in [-0.1, -0.05) is 0 Å². The molecule has 0 aliphatic carbocycles. The second kappa shape index (κ2) is 4.91. The first-order valence-corrected chi connectivity index (χ1v) is 6.98. The predicted molar refractivity (Wildman–Crippen MR) is 62.6 cm³/mol. The monoisotopic (exact) mass is 276 g/mol. The Morgan fingerprint density at radius 2 is 1.50 bits per heavy atom. The second-order valence-corrected chi connectivity index (χ2v) is 6.25. The van der Waals surface area contributed by atoms with Gasteiger partial charge in [-0.2, -0.15) is 4.31 Å². The summed E-state index contributed by atoms with van der Waals surface area (Å²) in [6.45, 7) is 1.88. The molecule has 1 aliphatic heterocycles. The Labute approximate surface area is 105 Å². The maximum absolute atomic E-state index is 13.1. The number of likely N-dealkylation sites (N-methyl/N-ethyl adjacent to an activating group) is 1. The van der Waals surface area contributed by atoms with Crippen molar-refractivity contribution in [2.45, 2.75) is 4.90 Å². The highest BCUT2D eigenvalue weighted by Gasteiger charge is 2.28. The summed E-state index contributed by atoms with van der Waals surface area (Å²) in [6.07, 6.45) is 0. The van der Waals surface area contributed by atoms with Gasteiger partial charge in [0.1, 0.15) is 11.6 Å². The van der Waals surface area contributed by atoms with Gasteiger partial charge in [0.05, 0.1) is 4.90 Å². The fourth-order valence-corrected chi connectivity index (χ4v) is 3.32. The summed E-state index contributed by atoms with van der Waals surface area (Å²) in [5.41, 5.74) is 0. The molecule has 2 rings (SSSR count). The average Bonchev–Trinajstić information content (AvgIpc) is 2.28. The molecule has 0 unspecified atom stereocenters. The van der Waals surface area contributed by atoms with Gasteiger partial charge in [0, 0.05) is 32.2 Å². The lowest BCUT2D eigenvalue weighted by Gasteiger charge is -2.31. The lowest BCUT2D eigenvalue weighted by atomic mass is 10.3. The topological polar surface area (TPSA) is 40.6 Å². The second-order valence-electron chi connectivity index (χ2n) is 4.31. The highest BCUT2D eigenvalue weighted by molar-refractivity contribution is 7.89. The highest BCUT2D eigenvalue weighted by atomic mass is 32.2. The molecule has 0 saturated carbocycles. The van der Waals surface area contributed by atoms with Gasteiger partial charge in [0.2, 0.25) is 10.0 Å². The zero-order chi connectivity index (χ0) is 13.3. The maximum Gasteiger partial charge on any atom is 0.243 e. The van der Waals surface area contributed by atoms with E-state index < -0.39 is 21.7 Å². The van der Waals surface area contributed by atoms with E-state index in [1.807, 2.05) is 11.9 Å². The van der Waals surface area contributed by atoms with Gasteiger partial charge in [-0.05, 0) is 19.2 Å². The molecule has 1 fully saturated rings. The molecule has 4 nitrogen and oxygen atoms in total. The lowest BCUT2D eigenvalue weighted by Crippen LogP contribution is -2.47. The van der Waals surface area contributed by atoms with E-state index in [4.69, 9.17) is 0 Å². The van der Waals surface area contributed by atoms with Crippen molar-refractivity contribution in [1.82, 2.24) is 9.21 Å². The molecule has 0 aromatic heterocycles. The molecule has 18 heavy (non-hydrogen) atoms. The van der Waals surface area contributed by atoms with E-state index >= 15 is 0 Å². The normalized spacial score (nSPS) is 19.1. The molecule has 0 atom stereocenters. The van der Waals surface area contributed by atoms with Gasteiger partial charge in [0.15, 0.2) is 0 Å². The molecule has 1 heterocycles. The molecule has 1 saturated heterocycles. The maximum atomic E-state index is 13.1. The van der Waals surface area contributed by atoms with E-state index in [0.717, 1.165) is 12.1 Å². The molecule has 0 bridgehead atoms. The van der Waals surface area contributed by atoms with Crippen LogP contribution in [0.2, 0.25) is 0 Å². The SMILES string of the molecule is CN1CCN(S(=O)(=O)c2cc(F)cc(F)c2)CC1. The van der Waals surface area contributed by atoms with Crippen molar-refractivity contribution in [3.63, 3.8) is 0 Å². The Bertz CT molecular complexity index is 520. The van der Waals surface area contributed by atoms with Gasteiger partial charge >= 0.3 is 0 Å². The molecular weight excluding hydrogens is 262 g/mol. The zero-order valence-corrected chi connectivity index (χ0v) is 10.8. The van der Waals surface area contributed by atoms with Crippen LogP contribution in [-0.4, -0.2) is 50.8 Å². The Kier molecular flexibility index (Phi) is 3.65. The number of nitrogens with zero attached hydrogens (tertiary/aromatic N) is 2. The molecule has 100 valence electrons. The third-order valence-electron chi connectivity index (χ3n) is 2.94. The molecule has 1 aliphatic rings. The molecule has 0 amide bonds. The summed E-state index contributed by atoms with van der Waals surface area (Å²) in [5, 5.41) is 0. The molecule has 0 radical (unpaired) electrons. The minimum atomic E-state index is -3.80. The van der Waals surface area contributed by atoms with Crippen molar-refractivity contribution in [3.8, 4) is 0 Å². The number of piperazine rings is 1. The van der Waals surface area contributed by atoms with Crippen molar-refractivity contribution in [1.29, 1.82) is 0 Å². The summed E-state index contributed by atoms with van der Waals surface area (Å²) in [4.78, 5) is 1.67. The first kappa shape index (κ1) is 13.4. The lowest BCUT2D eigenvalue weighted by molar-refractivity contribution is 0.222. The van der Waals surface area contributed by atoms with E-state index in [9.17, 15) is 17.2 Å². The smallest absolute Gasteiger partial charge is 0.243 e. The van der Waals surface area contributed by atoms with Crippen LogP contribution in [-0.2, 0) is 10.0 Å². The predicted octanol–water partition coefficient (Wildman–Crippen LogP) is 0.901. The van der Waals surface area contributed by atoms with Crippen molar-refractivity contribution in [2.24, 2.45) is 0 Å². The number of hydrogen-bond acceptors (Lipinski definition) is 3. The van der Waals surface area contributed by atoms with Crippen LogP contribution in [0.4, 0.5) is 8.78 Å². The standard InChI is InChI=1S/C11H14F2N2O2S/c1-14-2-4-15(5-3-14)18(16,17)11-7-9(12)6-10(13)8-11/h6-8H,2-5H2,1H3. The summed E-state index contributed by atoms with van der Waals surface area (Å²) >= 11 is 0. The van der Waals surface area contributed by atoms with Crippen LogP contribution in [0, 0.1) is 11.6 Å². The van der Waals surface area contributed by atoms with Crippen LogP contribution in [0.5, 0.6) is 0 Å². The average molecular weight is 276 g/mol. The number of sulfonamides is 1. The first-order valence-electron chi connectivity index (χ1n) is 5.54. The molecule has 0 N–H and O–H groups in total. The van der Waals surface area contributed by atoms with Crippen LogP contribution >= 0.6 is 0 Å². The highest BCUT2D eigenvalue weighted by Crippen LogP contribution is 2.19. The molecule has 1 aromatic carbocycles. The van der Waals surface area contributed by atoms with Crippen LogP contribution in [0.15, 0.2) is 23.1 Å². The number of rotatable bonds is 2. The Hall–Kier alpha value is -1.05. The van der Waals surface area contributed by atoms with Crippen LogP contribution in [0.1, 0.15) is 0 Å². The summed E-state index contributed by atoms with van der Waals surface area (Å²) in [7, 11) is -1.91. The fourth-order valence-electron chi connectivity index (χ4n) is 1.85. The largest absolute Gasteiger partial charge is 0.304 e. The van der Waals surface area contributed by atoms with Crippen molar-refractivity contribution in [3.05, 3.63) is 29.8 Å². The van der Waals surface area contributed by atoms with Crippen LogP contribution in [0.25, 0.3) is 0 Å². The number of halogens is 2. The summed E-state index contributed by atoms with van der Waals surface area (Å²) < 4.78 is 51.7. The minimum Gasteiger partial charge on any atom is -0.304 e. The van der Waals surface area contributed by atoms with E-state index in [0.29, 0.717) is 32.2 Å². The van der Waals surface area contributed by atoms with Crippen LogP contribution < -0.4 is 0 Å². The Balaban J connectivity index is 2.30. The van der Waals surface area contributed by atoms with Gasteiger partial charge < -0.3 is 4.90 Å². The van der Waals surface area contributed by atoms with Gasteiger partial charge in [-0.25, -0.2) is 17.2 Å². The third-order valence-corrected chi connectivity index (χ3v) is 4.81. The first-order chi connectivity index (χ1) is 8.39. The molecule has 7 heteroatoms. The quantitative estimate of drug-likeness (QED) is 0.806. The molecule has 1 aromatic rings. The number of hydrogen-bond donors (Lipinski definition) is 0. The van der Waals surface area contributed by atoms with E-state index in [1.54, 1.807) is 0 Å². The van der Waals surface area contributed by atoms with E-state index in [-0.39, 0.29) is 4.90 Å². The summed E-state index contributed by atoms with van der Waals surface area (Å²) in [5.74, 6) is -1.77. The Morgan fingerprint density at radius 3 is 2.00 bits per heavy atom. The summed E-state index contributed by atoms with van der Waals surface area (Å²) in [6, 6.07) is 2.34. The van der Waals surface area contributed by atoms with Crippen molar-refractivity contribution >= 4 is 10.0 Å². The van der Waals surface area contributed by atoms with Gasteiger partial charge in [-0.15, -0.1) is 0 Å². The Morgan fingerprint density at radius 1 is 1.00 bits per heavy atom. The molecule has 0 spiro atoms. The zero-order valence-electron chi connectivity index (χ0n) is 9.94.